The van der Waals surface area contributed by atoms with Crippen LogP contribution in [-0.4, -0.2) is 38.4 Å². The zero-order valence-corrected chi connectivity index (χ0v) is 15.2. The molecule has 25 heavy (non-hydrogen) atoms. The van der Waals surface area contributed by atoms with Gasteiger partial charge in [0.05, 0.1) is 17.7 Å². The first-order valence-corrected chi connectivity index (χ1v) is 9.14. The number of hydrogen-bond acceptors (Lipinski definition) is 4. The maximum absolute atomic E-state index is 12.4. The van der Waals surface area contributed by atoms with Crippen molar-refractivity contribution in [3.05, 3.63) is 65.2 Å². The lowest BCUT2D eigenvalue weighted by Crippen LogP contribution is -2.36. The molecule has 0 unspecified atom stereocenters. The third-order valence-electron chi connectivity index (χ3n) is 3.58. The van der Waals surface area contributed by atoms with E-state index in [0.717, 1.165) is 21.0 Å². The number of sulfonamides is 1. The number of hydrazone groups is 1. The molecule has 0 radical (unpaired) electrons. The zero-order valence-electron chi connectivity index (χ0n) is 14.4. The Hall–Kier alpha value is -2.51. The van der Waals surface area contributed by atoms with E-state index in [1.54, 1.807) is 12.1 Å². The van der Waals surface area contributed by atoms with Crippen LogP contribution >= 0.6 is 0 Å². The van der Waals surface area contributed by atoms with Crippen molar-refractivity contribution < 1.29 is 13.2 Å². The molecule has 2 aromatic rings. The maximum atomic E-state index is 12.4. The molecule has 6 nitrogen and oxygen atoms in total. The van der Waals surface area contributed by atoms with Crippen LogP contribution in [-0.2, 0) is 14.8 Å². The fourth-order valence-corrected chi connectivity index (χ4v) is 3.17. The summed E-state index contributed by atoms with van der Waals surface area (Å²) < 4.78 is 25.8. The van der Waals surface area contributed by atoms with Crippen LogP contribution in [0.25, 0.3) is 0 Å². The number of hydrogen-bond donors (Lipinski definition) is 1. The van der Waals surface area contributed by atoms with E-state index >= 15 is 0 Å². The van der Waals surface area contributed by atoms with Crippen LogP contribution < -0.4 is 5.43 Å². The highest BCUT2D eigenvalue weighted by molar-refractivity contribution is 7.89. The number of aryl methyl sites for hydroxylation is 2. The predicted octanol–water partition coefficient (Wildman–Crippen LogP) is 2.07. The average molecular weight is 359 g/mol. The van der Waals surface area contributed by atoms with E-state index in [1.807, 2.05) is 38.1 Å². The lowest BCUT2D eigenvalue weighted by Gasteiger charge is -2.16. The standard InChI is InChI=1S/C18H21N3O3S/c1-14-4-8-16(9-5-14)12-19-20-18(22)13-21(3)25(23,24)17-10-6-15(2)7-11-17/h4-12H,13H2,1-3H3,(H,20,22)/b19-12+. The molecule has 7 heteroatoms. The van der Waals surface area contributed by atoms with Gasteiger partial charge >= 0.3 is 0 Å². The molecule has 0 spiro atoms. The summed E-state index contributed by atoms with van der Waals surface area (Å²) in [6.07, 6.45) is 1.51. The van der Waals surface area contributed by atoms with Crippen LogP contribution in [0.1, 0.15) is 16.7 Å². The Morgan fingerprint density at radius 3 is 2.12 bits per heavy atom. The Morgan fingerprint density at radius 1 is 1.04 bits per heavy atom. The molecule has 0 heterocycles. The molecule has 0 aliphatic rings. The second-order valence-corrected chi connectivity index (χ2v) is 7.82. The van der Waals surface area contributed by atoms with Crippen molar-refractivity contribution in [1.82, 2.24) is 9.73 Å². The molecule has 0 bridgehead atoms. The normalized spacial score (nSPS) is 11.8. The van der Waals surface area contributed by atoms with Gasteiger partial charge in [-0.1, -0.05) is 47.5 Å². The van der Waals surface area contributed by atoms with Gasteiger partial charge in [-0.2, -0.15) is 9.41 Å². The summed E-state index contributed by atoms with van der Waals surface area (Å²) in [4.78, 5) is 12.0. The number of likely N-dealkylation sites (N-methyl/N-ethyl adjacent to an activating group) is 1. The lowest BCUT2D eigenvalue weighted by molar-refractivity contribution is -0.121. The molecule has 2 rings (SSSR count). The van der Waals surface area contributed by atoms with Crippen molar-refractivity contribution in [2.45, 2.75) is 18.7 Å². The van der Waals surface area contributed by atoms with Gasteiger partial charge in [-0.05, 0) is 31.5 Å². The molecule has 0 saturated heterocycles. The molecular weight excluding hydrogens is 338 g/mol. The van der Waals surface area contributed by atoms with E-state index in [0.29, 0.717) is 0 Å². The molecule has 0 aliphatic heterocycles. The Bertz CT molecular complexity index is 857. The van der Waals surface area contributed by atoms with Crippen LogP contribution in [0.2, 0.25) is 0 Å². The molecule has 0 aliphatic carbocycles. The average Bonchev–Trinajstić information content (AvgIpc) is 2.57. The largest absolute Gasteiger partial charge is 0.272 e. The quantitative estimate of drug-likeness (QED) is 0.633. The Morgan fingerprint density at radius 2 is 1.56 bits per heavy atom. The van der Waals surface area contributed by atoms with Gasteiger partial charge < -0.3 is 0 Å². The van der Waals surface area contributed by atoms with E-state index in [4.69, 9.17) is 0 Å². The number of rotatable bonds is 6. The molecule has 0 saturated carbocycles. The van der Waals surface area contributed by atoms with Gasteiger partial charge in [-0.3, -0.25) is 4.79 Å². The fraction of sp³-hybridized carbons (Fsp3) is 0.222. The molecule has 1 amide bonds. The van der Waals surface area contributed by atoms with Gasteiger partial charge in [0.25, 0.3) is 5.91 Å². The van der Waals surface area contributed by atoms with Crippen molar-refractivity contribution in [1.29, 1.82) is 0 Å². The van der Waals surface area contributed by atoms with Crippen LogP contribution in [0, 0.1) is 13.8 Å². The highest BCUT2D eigenvalue weighted by atomic mass is 32.2. The van der Waals surface area contributed by atoms with Gasteiger partial charge in [-0.25, -0.2) is 13.8 Å². The minimum Gasteiger partial charge on any atom is -0.272 e. The van der Waals surface area contributed by atoms with Crippen molar-refractivity contribution >= 4 is 22.1 Å². The summed E-state index contributed by atoms with van der Waals surface area (Å²) in [6, 6.07) is 14.1. The Balaban J connectivity index is 1.95. The Labute approximate surface area is 148 Å². The summed E-state index contributed by atoms with van der Waals surface area (Å²) in [6.45, 7) is 3.54. The second-order valence-electron chi connectivity index (χ2n) is 5.78. The highest BCUT2D eigenvalue weighted by Crippen LogP contribution is 2.14. The monoisotopic (exact) mass is 359 g/mol. The smallest absolute Gasteiger partial charge is 0.255 e. The van der Waals surface area contributed by atoms with Gasteiger partial charge in [0.15, 0.2) is 0 Å². The maximum Gasteiger partial charge on any atom is 0.255 e. The first kappa shape index (κ1) is 18.8. The predicted molar refractivity (Wildman–Crippen MR) is 97.9 cm³/mol. The summed E-state index contributed by atoms with van der Waals surface area (Å²) >= 11 is 0. The van der Waals surface area contributed by atoms with E-state index in [1.165, 1.54) is 25.4 Å². The topological polar surface area (TPSA) is 78.8 Å². The van der Waals surface area contributed by atoms with Crippen molar-refractivity contribution in [2.75, 3.05) is 13.6 Å². The SMILES string of the molecule is Cc1ccc(/C=N/NC(=O)CN(C)S(=O)(=O)c2ccc(C)cc2)cc1. The molecule has 2 aromatic carbocycles. The summed E-state index contributed by atoms with van der Waals surface area (Å²) in [5.74, 6) is -0.512. The fourth-order valence-electron chi connectivity index (χ4n) is 2.04. The minimum atomic E-state index is -3.71. The number of amides is 1. The number of nitrogens with zero attached hydrogens (tertiary/aromatic N) is 2. The first-order valence-electron chi connectivity index (χ1n) is 7.70. The van der Waals surface area contributed by atoms with E-state index in [2.05, 4.69) is 10.5 Å². The van der Waals surface area contributed by atoms with Crippen LogP contribution in [0.15, 0.2) is 58.5 Å². The molecule has 1 N–H and O–H groups in total. The van der Waals surface area contributed by atoms with E-state index in [-0.39, 0.29) is 11.4 Å². The molecular formula is C18H21N3O3S. The van der Waals surface area contributed by atoms with Gasteiger partial charge in [0.1, 0.15) is 0 Å². The van der Waals surface area contributed by atoms with Gasteiger partial charge in [-0.15, -0.1) is 0 Å². The van der Waals surface area contributed by atoms with Crippen LogP contribution in [0.5, 0.6) is 0 Å². The molecule has 0 atom stereocenters. The van der Waals surface area contributed by atoms with Crippen molar-refractivity contribution in [3.8, 4) is 0 Å². The van der Waals surface area contributed by atoms with Crippen LogP contribution in [0.3, 0.4) is 0 Å². The third-order valence-corrected chi connectivity index (χ3v) is 5.39. The first-order chi connectivity index (χ1) is 11.8. The number of nitrogens with one attached hydrogen (secondary N) is 1. The highest BCUT2D eigenvalue weighted by Gasteiger charge is 2.22. The van der Waals surface area contributed by atoms with E-state index < -0.39 is 15.9 Å². The van der Waals surface area contributed by atoms with Gasteiger partial charge in [0.2, 0.25) is 10.0 Å². The number of benzene rings is 2. The summed E-state index contributed by atoms with van der Waals surface area (Å²) in [5.41, 5.74) is 5.26. The van der Waals surface area contributed by atoms with Crippen molar-refractivity contribution in [2.24, 2.45) is 5.10 Å². The number of carbonyl (C=O) groups is 1. The minimum absolute atomic E-state index is 0.150. The number of carbonyl (C=O) groups excluding carboxylic acids is 1. The lowest BCUT2D eigenvalue weighted by atomic mass is 10.2. The van der Waals surface area contributed by atoms with Crippen LogP contribution in [0.4, 0.5) is 0 Å². The summed E-state index contributed by atoms with van der Waals surface area (Å²) in [5, 5.41) is 3.84. The zero-order chi connectivity index (χ0) is 18.4. The molecule has 132 valence electrons. The van der Waals surface area contributed by atoms with Gasteiger partial charge in [0, 0.05) is 7.05 Å². The third kappa shape index (κ3) is 5.23. The Kier molecular flexibility index (Phi) is 6.06. The molecule has 0 aromatic heterocycles. The summed E-state index contributed by atoms with van der Waals surface area (Å²) in [7, 11) is -2.35. The van der Waals surface area contributed by atoms with E-state index in [9.17, 15) is 13.2 Å². The second kappa shape index (κ2) is 8.04. The van der Waals surface area contributed by atoms with Crippen molar-refractivity contribution in [3.63, 3.8) is 0 Å². The molecule has 0 fully saturated rings.